The molecule has 2 rings (SSSR count). The van der Waals surface area contributed by atoms with Crippen LogP contribution in [0.25, 0.3) is 0 Å². The van der Waals surface area contributed by atoms with Gasteiger partial charge in [0.05, 0.1) is 6.54 Å². The van der Waals surface area contributed by atoms with Crippen LogP contribution in [-0.2, 0) is 11.2 Å². The summed E-state index contributed by atoms with van der Waals surface area (Å²) in [6.07, 6.45) is 3.23. The molecule has 1 saturated carbocycles. The molecule has 0 bridgehead atoms. The molecule has 1 atom stereocenters. The Kier molecular flexibility index (Phi) is 4.61. The SMILES string of the molecule is CC(Cc1ccc(Cl)cc1)NC(=O)CNC1CC1. The number of amides is 1. The van der Waals surface area contributed by atoms with E-state index in [1.165, 1.54) is 18.4 Å². The van der Waals surface area contributed by atoms with E-state index in [2.05, 4.69) is 10.6 Å². The summed E-state index contributed by atoms with van der Waals surface area (Å²) in [5.74, 6) is 0.0726. The fraction of sp³-hybridized carbons (Fsp3) is 0.500. The van der Waals surface area contributed by atoms with Crippen molar-refractivity contribution in [2.24, 2.45) is 0 Å². The van der Waals surface area contributed by atoms with Gasteiger partial charge in [-0.15, -0.1) is 0 Å². The monoisotopic (exact) mass is 266 g/mol. The minimum absolute atomic E-state index is 0.0726. The zero-order valence-electron chi connectivity index (χ0n) is 10.6. The molecule has 1 unspecified atom stereocenters. The molecule has 2 N–H and O–H groups in total. The highest BCUT2D eigenvalue weighted by atomic mass is 35.5. The maximum absolute atomic E-state index is 11.6. The fourth-order valence-electron chi connectivity index (χ4n) is 1.88. The third-order valence-corrected chi connectivity index (χ3v) is 3.24. The number of carbonyl (C=O) groups excluding carboxylic acids is 1. The van der Waals surface area contributed by atoms with Gasteiger partial charge in [-0.2, -0.15) is 0 Å². The minimum atomic E-state index is 0.0726. The third kappa shape index (κ3) is 4.67. The molecule has 0 spiro atoms. The molecule has 0 saturated heterocycles. The van der Waals surface area contributed by atoms with Gasteiger partial charge in [0.2, 0.25) is 5.91 Å². The smallest absolute Gasteiger partial charge is 0.234 e. The van der Waals surface area contributed by atoms with Gasteiger partial charge in [0.25, 0.3) is 0 Å². The van der Waals surface area contributed by atoms with Crippen LogP contribution in [0.5, 0.6) is 0 Å². The van der Waals surface area contributed by atoms with Crippen LogP contribution in [0.2, 0.25) is 5.02 Å². The summed E-state index contributed by atoms with van der Waals surface area (Å²) >= 11 is 5.83. The van der Waals surface area contributed by atoms with Crippen molar-refractivity contribution < 1.29 is 4.79 Å². The zero-order chi connectivity index (χ0) is 13.0. The molecule has 0 aromatic heterocycles. The lowest BCUT2D eigenvalue weighted by Crippen LogP contribution is -2.40. The molecule has 18 heavy (non-hydrogen) atoms. The Morgan fingerprint density at radius 1 is 1.39 bits per heavy atom. The second-order valence-corrected chi connectivity index (χ2v) is 5.39. The Morgan fingerprint density at radius 2 is 2.06 bits per heavy atom. The molecule has 1 aromatic rings. The Balaban J connectivity index is 1.71. The molecule has 1 amide bonds. The van der Waals surface area contributed by atoms with Crippen LogP contribution < -0.4 is 10.6 Å². The van der Waals surface area contributed by atoms with Gasteiger partial charge >= 0.3 is 0 Å². The summed E-state index contributed by atoms with van der Waals surface area (Å²) in [6, 6.07) is 8.45. The van der Waals surface area contributed by atoms with Crippen LogP contribution in [0.15, 0.2) is 24.3 Å². The zero-order valence-corrected chi connectivity index (χ0v) is 11.3. The quantitative estimate of drug-likeness (QED) is 0.828. The standard InChI is InChI=1S/C14H19ClN2O/c1-10(8-11-2-4-12(15)5-3-11)17-14(18)9-16-13-6-7-13/h2-5,10,13,16H,6-9H2,1H3,(H,17,18). The van der Waals surface area contributed by atoms with Crippen LogP contribution in [0.4, 0.5) is 0 Å². The molecule has 1 aliphatic carbocycles. The lowest BCUT2D eigenvalue weighted by Gasteiger charge is -2.14. The highest BCUT2D eigenvalue weighted by Crippen LogP contribution is 2.17. The Labute approximate surface area is 113 Å². The molecule has 98 valence electrons. The van der Waals surface area contributed by atoms with Gasteiger partial charge in [-0.3, -0.25) is 4.79 Å². The number of carbonyl (C=O) groups is 1. The van der Waals surface area contributed by atoms with E-state index in [-0.39, 0.29) is 11.9 Å². The van der Waals surface area contributed by atoms with Gasteiger partial charge in [-0.25, -0.2) is 0 Å². The van der Waals surface area contributed by atoms with Crippen molar-refractivity contribution in [1.29, 1.82) is 0 Å². The van der Waals surface area contributed by atoms with Gasteiger partial charge in [0.1, 0.15) is 0 Å². The molecule has 0 aliphatic heterocycles. The largest absolute Gasteiger partial charge is 0.352 e. The summed E-state index contributed by atoms with van der Waals surface area (Å²) in [6.45, 7) is 2.44. The van der Waals surface area contributed by atoms with Crippen molar-refractivity contribution in [2.45, 2.75) is 38.3 Å². The van der Waals surface area contributed by atoms with E-state index >= 15 is 0 Å². The molecule has 3 nitrogen and oxygen atoms in total. The number of benzene rings is 1. The fourth-order valence-corrected chi connectivity index (χ4v) is 2.00. The van der Waals surface area contributed by atoms with Gasteiger partial charge in [-0.1, -0.05) is 23.7 Å². The number of hydrogen-bond donors (Lipinski definition) is 2. The first-order valence-corrected chi connectivity index (χ1v) is 6.78. The van der Waals surface area contributed by atoms with Crippen molar-refractivity contribution in [3.8, 4) is 0 Å². The molecule has 1 aliphatic rings. The van der Waals surface area contributed by atoms with E-state index in [4.69, 9.17) is 11.6 Å². The van der Waals surface area contributed by atoms with Crippen molar-refractivity contribution >= 4 is 17.5 Å². The van der Waals surface area contributed by atoms with Crippen molar-refractivity contribution in [2.75, 3.05) is 6.54 Å². The van der Waals surface area contributed by atoms with Crippen LogP contribution >= 0.6 is 11.6 Å². The molecular formula is C14H19ClN2O. The summed E-state index contributed by atoms with van der Waals surface area (Å²) < 4.78 is 0. The molecule has 1 fully saturated rings. The maximum Gasteiger partial charge on any atom is 0.234 e. The lowest BCUT2D eigenvalue weighted by atomic mass is 10.1. The van der Waals surface area contributed by atoms with Gasteiger partial charge in [0.15, 0.2) is 0 Å². The summed E-state index contributed by atoms with van der Waals surface area (Å²) in [4.78, 5) is 11.6. The highest BCUT2D eigenvalue weighted by molar-refractivity contribution is 6.30. The third-order valence-electron chi connectivity index (χ3n) is 2.99. The summed E-state index contributed by atoms with van der Waals surface area (Å²) in [5.41, 5.74) is 1.18. The molecular weight excluding hydrogens is 248 g/mol. The Bertz CT molecular complexity index is 401. The highest BCUT2D eigenvalue weighted by Gasteiger charge is 2.21. The van der Waals surface area contributed by atoms with E-state index in [0.717, 1.165) is 11.4 Å². The van der Waals surface area contributed by atoms with E-state index in [9.17, 15) is 4.79 Å². The molecule has 4 heteroatoms. The minimum Gasteiger partial charge on any atom is -0.352 e. The second kappa shape index (κ2) is 6.21. The number of halogens is 1. The van der Waals surface area contributed by atoms with Crippen molar-refractivity contribution in [3.05, 3.63) is 34.9 Å². The van der Waals surface area contributed by atoms with Crippen LogP contribution in [0.3, 0.4) is 0 Å². The summed E-state index contributed by atoms with van der Waals surface area (Å²) in [7, 11) is 0. The molecule has 1 aromatic carbocycles. The van der Waals surface area contributed by atoms with E-state index < -0.39 is 0 Å². The number of rotatable bonds is 6. The molecule has 0 radical (unpaired) electrons. The normalized spacial score (nSPS) is 16.3. The Morgan fingerprint density at radius 3 is 2.67 bits per heavy atom. The van der Waals surface area contributed by atoms with Crippen molar-refractivity contribution in [1.82, 2.24) is 10.6 Å². The first-order valence-electron chi connectivity index (χ1n) is 6.40. The van der Waals surface area contributed by atoms with Gasteiger partial charge in [0, 0.05) is 17.1 Å². The number of hydrogen-bond acceptors (Lipinski definition) is 2. The first-order chi connectivity index (χ1) is 8.63. The van der Waals surface area contributed by atoms with Crippen molar-refractivity contribution in [3.63, 3.8) is 0 Å². The van der Waals surface area contributed by atoms with Crippen LogP contribution in [0, 0.1) is 0 Å². The number of nitrogens with one attached hydrogen (secondary N) is 2. The molecule has 0 heterocycles. The Hall–Kier alpha value is -1.06. The average Bonchev–Trinajstić information content (AvgIpc) is 3.13. The van der Waals surface area contributed by atoms with Gasteiger partial charge in [-0.05, 0) is 43.9 Å². The predicted octanol–water partition coefficient (Wildman–Crippen LogP) is 2.14. The van der Waals surface area contributed by atoms with E-state index in [0.29, 0.717) is 12.6 Å². The topological polar surface area (TPSA) is 41.1 Å². The predicted molar refractivity (Wildman–Crippen MR) is 73.8 cm³/mol. The second-order valence-electron chi connectivity index (χ2n) is 4.95. The van der Waals surface area contributed by atoms with E-state index in [1.807, 2.05) is 31.2 Å². The van der Waals surface area contributed by atoms with Gasteiger partial charge < -0.3 is 10.6 Å². The summed E-state index contributed by atoms with van der Waals surface area (Å²) in [5, 5.41) is 6.94. The van der Waals surface area contributed by atoms with Crippen LogP contribution in [-0.4, -0.2) is 24.5 Å². The lowest BCUT2D eigenvalue weighted by molar-refractivity contribution is -0.120. The average molecular weight is 267 g/mol. The maximum atomic E-state index is 11.6. The first kappa shape index (κ1) is 13.4. The van der Waals surface area contributed by atoms with Crippen LogP contribution in [0.1, 0.15) is 25.3 Å². The van der Waals surface area contributed by atoms with E-state index in [1.54, 1.807) is 0 Å².